The minimum atomic E-state index is -0.644. The van der Waals surface area contributed by atoms with E-state index in [4.69, 9.17) is 27.9 Å². The van der Waals surface area contributed by atoms with E-state index < -0.39 is 6.23 Å². The van der Waals surface area contributed by atoms with Crippen LogP contribution in [-0.2, 0) is 12.0 Å². The van der Waals surface area contributed by atoms with E-state index in [1.807, 2.05) is 0 Å². The fourth-order valence-corrected chi connectivity index (χ4v) is 5.35. The molecule has 0 radical (unpaired) electrons. The number of aromatic nitrogens is 2. The predicted octanol–water partition coefficient (Wildman–Crippen LogP) is 5.05. The second-order valence-electron chi connectivity index (χ2n) is 8.76. The summed E-state index contributed by atoms with van der Waals surface area (Å²) in [5.41, 5.74) is 4.62. The smallest absolute Gasteiger partial charge is 0.268 e. The number of carbonyl (C=O) groups is 1. The molecule has 6 rings (SSSR count). The van der Waals surface area contributed by atoms with Gasteiger partial charge in [0.1, 0.15) is 5.56 Å². The number of carbonyl (C=O) groups excluding carboxylic acids is 1. The van der Waals surface area contributed by atoms with Crippen molar-refractivity contribution in [3.63, 3.8) is 0 Å². The van der Waals surface area contributed by atoms with Crippen LogP contribution in [-0.4, -0.2) is 28.6 Å². The van der Waals surface area contributed by atoms with Crippen LogP contribution < -0.4 is 20.3 Å². The largest absolute Gasteiger partial charge is 0.453 e. The fraction of sp³-hybridized carbons (Fsp3) is 0.292. The Bertz CT molecular complexity index is 1270. The summed E-state index contributed by atoms with van der Waals surface area (Å²) in [5, 5.41) is 7.50. The number of fused-ring (bicyclic) bond motifs is 3. The molecule has 1 amide bonds. The zero-order chi connectivity index (χ0) is 22.7. The van der Waals surface area contributed by atoms with Crippen LogP contribution in [0.2, 0.25) is 10.0 Å². The van der Waals surface area contributed by atoms with Gasteiger partial charge in [-0.05, 0) is 55.2 Å². The second kappa shape index (κ2) is 7.58. The number of hydrogen-bond acceptors (Lipinski definition) is 6. The van der Waals surface area contributed by atoms with E-state index in [0.717, 1.165) is 18.8 Å². The third kappa shape index (κ3) is 3.42. The number of benzene rings is 2. The van der Waals surface area contributed by atoms with Crippen molar-refractivity contribution in [2.24, 2.45) is 0 Å². The molecule has 1 saturated carbocycles. The summed E-state index contributed by atoms with van der Waals surface area (Å²) in [5.74, 6) is 0.267. The molecule has 3 aromatic rings. The van der Waals surface area contributed by atoms with Crippen molar-refractivity contribution < 1.29 is 9.53 Å². The molecule has 168 valence electrons. The molecule has 2 aromatic carbocycles. The third-order valence-corrected chi connectivity index (χ3v) is 7.20. The number of rotatable bonds is 3. The first-order valence-electron chi connectivity index (χ1n) is 10.9. The van der Waals surface area contributed by atoms with Gasteiger partial charge >= 0.3 is 0 Å². The van der Waals surface area contributed by atoms with Gasteiger partial charge in [0.15, 0.2) is 6.23 Å². The van der Waals surface area contributed by atoms with Gasteiger partial charge in [0.25, 0.3) is 5.91 Å². The number of amides is 1. The van der Waals surface area contributed by atoms with Crippen LogP contribution in [0.1, 0.15) is 41.3 Å². The number of para-hydroxylation sites is 1. The quantitative estimate of drug-likeness (QED) is 0.544. The van der Waals surface area contributed by atoms with Gasteiger partial charge in [0, 0.05) is 30.4 Å². The minimum absolute atomic E-state index is 0.223. The molecular weight excluding hydrogens is 461 g/mol. The lowest BCUT2D eigenvalue weighted by Crippen LogP contribution is -2.46. The Morgan fingerprint density at radius 2 is 2.00 bits per heavy atom. The van der Waals surface area contributed by atoms with Crippen LogP contribution >= 0.6 is 23.2 Å². The van der Waals surface area contributed by atoms with E-state index in [0.29, 0.717) is 27.1 Å². The van der Waals surface area contributed by atoms with E-state index in [1.54, 1.807) is 25.1 Å². The van der Waals surface area contributed by atoms with Crippen molar-refractivity contribution in [3.8, 4) is 5.88 Å². The van der Waals surface area contributed by atoms with Crippen molar-refractivity contribution >= 4 is 46.4 Å². The van der Waals surface area contributed by atoms with Crippen molar-refractivity contribution in [3.05, 3.63) is 69.3 Å². The zero-order valence-corrected chi connectivity index (χ0v) is 19.4. The van der Waals surface area contributed by atoms with Crippen molar-refractivity contribution in [2.45, 2.75) is 38.0 Å². The number of ether oxygens (including phenoxy) is 1. The molecule has 2 aliphatic heterocycles. The summed E-state index contributed by atoms with van der Waals surface area (Å²) >= 11 is 12.7. The predicted molar refractivity (Wildman–Crippen MR) is 128 cm³/mol. The average molecular weight is 482 g/mol. The summed E-state index contributed by atoms with van der Waals surface area (Å²) in [7, 11) is 0. The van der Waals surface area contributed by atoms with E-state index >= 15 is 0 Å². The summed E-state index contributed by atoms with van der Waals surface area (Å²) in [6.45, 7) is 3.66. The summed E-state index contributed by atoms with van der Waals surface area (Å²) in [4.78, 5) is 23.5. The second-order valence-corrected chi connectivity index (χ2v) is 9.57. The Morgan fingerprint density at radius 1 is 1.21 bits per heavy atom. The number of nitrogens with zero attached hydrogens (tertiary/aromatic N) is 3. The van der Waals surface area contributed by atoms with Gasteiger partial charge < -0.3 is 15.4 Å². The van der Waals surface area contributed by atoms with Crippen LogP contribution in [0.5, 0.6) is 5.88 Å². The van der Waals surface area contributed by atoms with E-state index in [9.17, 15) is 4.79 Å². The topological polar surface area (TPSA) is 79.4 Å². The average Bonchev–Trinajstić information content (AvgIpc) is 3.55. The molecule has 33 heavy (non-hydrogen) atoms. The first kappa shape index (κ1) is 20.7. The van der Waals surface area contributed by atoms with Crippen LogP contribution in [0.25, 0.3) is 0 Å². The van der Waals surface area contributed by atoms with Crippen molar-refractivity contribution in [2.75, 3.05) is 16.8 Å². The Balaban J connectivity index is 1.28. The lowest BCUT2D eigenvalue weighted by atomic mass is 9.88. The molecule has 3 aliphatic rings. The Hall–Kier alpha value is -2.87. The fourth-order valence-electron chi connectivity index (χ4n) is 4.77. The van der Waals surface area contributed by atoms with Crippen LogP contribution in [0, 0.1) is 0 Å². The molecule has 1 aliphatic carbocycles. The molecule has 7 nitrogen and oxygen atoms in total. The molecule has 0 saturated heterocycles. The maximum absolute atomic E-state index is 13.3. The molecule has 9 heteroatoms. The molecule has 1 atom stereocenters. The van der Waals surface area contributed by atoms with Gasteiger partial charge in [-0.25, -0.2) is 4.98 Å². The SMILES string of the molecule is CC1Oc2nc(Nc3ccc4c(c3)CNCC43CC3)ncc2C(=O)N1c1c(Cl)cccc1Cl. The lowest BCUT2D eigenvalue weighted by Gasteiger charge is -2.34. The molecule has 1 aromatic heterocycles. The maximum Gasteiger partial charge on any atom is 0.268 e. The van der Waals surface area contributed by atoms with E-state index in [-0.39, 0.29) is 17.4 Å². The molecule has 2 N–H and O–H groups in total. The van der Waals surface area contributed by atoms with Crippen LogP contribution in [0.4, 0.5) is 17.3 Å². The number of hydrogen-bond donors (Lipinski definition) is 2. The van der Waals surface area contributed by atoms with Gasteiger partial charge in [-0.2, -0.15) is 4.98 Å². The Morgan fingerprint density at radius 3 is 2.76 bits per heavy atom. The van der Waals surface area contributed by atoms with Gasteiger partial charge in [0.2, 0.25) is 11.8 Å². The summed E-state index contributed by atoms with van der Waals surface area (Å²) in [6.07, 6.45) is 3.31. The summed E-state index contributed by atoms with van der Waals surface area (Å²) in [6, 6.07) is 11.5. The van der Waals surface area contributed by atoms with Crippen LogP contribution in [0.3, 0.4) is 0 Å². The summed E-state index contributed by atoms with van der Waals surface area (Å²) < 4.78 is 5.97. The highest BCUT2D eigenvalue weighted by atomic mass is 35.5. The monoisotopic (exact) mass is 481 g/mol. The van der Waals surface area contributed by atoms with Gasteiger partial charge in [-0.1, -0.05) is 35.3 Å². The highest BCUT2D eigenvalue weighted by Gasteiger charge is 2.46. The van der Waals surface area contributed by atoms with Crippen molar-refractivity contribution in [1.29, 1.82) is 0 Å². The molecule has 1 spiro atoms. The first-order valence-corrected chi connectivity index (χ1v) is 11.6. The highest BCUT2D eigenvalue weighted by Crippen LogP contribution is 2.50. The highest BCUT2D eigenvalue weighted by molar-refractivity contribution is 6.40. The molecule has 3 heterocycles. The minimum Gasteiger partial charge on any atom is -0.453 e. The van der Waals surface area contributed by atoms with Crippen molar-refractivity contribution in [1.82, 2.24) is 15.3 Å². The lowest BCUT2D eigenvalue weighted by molar-refractivity contribution is 0.0867. The third-order valence-electron chi connectivity index (χ3n) is 6.59. The van der Waals surface area contributed by atoms with E-state index in [1.165, 1.54) is 35.1 Å². The molecule has 0 bridgehead atoms. The normalized spacial score (nSPS) is 20.2. The standard InChI is InChI=1S/C24H21Cl2N5O2/c1-13-31(20-18(25)3-2-4-19(20)26)22(32)16-11-28-23(30-21(16)33-13)29-15-5-6-17-14(9-15)10-27-12-24(17)7-8-24/h2-6,9,11,13,27H,7-8,10,12H2,1H3,(H,28,29,30). The van der Waals surface area contributed by atoms with Crippen LogP contribution in [0.15, 0.2) is 42.6 Å². The van der Waals surface area contributed by atoms with Gasteiger partial charge in [-0.3, -0.25) is 9.69 Å². The zero-order valence-electron chi connectivity index (χ0n) is 17.9. The molecule has 1 unspecified atom stereocenters. The maximum atomic E-state index is 13.3. The Kier molecular flexibility index (Phi) is 4.76. The molecule has 1 fully saturated rings. The van der Waals surface area contributed by atoms with Gasteiger partial charge in [0.05, 0.1) is 15.7 Å². The number of anilines is 3. The number of nitrogens with one attached hydrogen (secondary N) is 2. The van der Waals surface area contributed by atoms with Gasteiger partial charge in [-0.15, -0.1) is 0 Å². The Labute approximate surface area is 201 Å². The van der Waals surface area contributed by atoms with E-state index in [2.05, 4.69) is 38.8 Å². The first-order chi connectivity index (χ1) is 15.9. The number of halogens is 2. The molecular formula is C24H21Cl2N5O2.